The van der Waals surface area contributed by atoms with Crippen LogP contribution in [0.15, 0.2) is 28.8 Å². The van der Waals surface area contributed by atoms with Gasteiger partial charge in [0.1, 0.15) is 18.1 Å². The predicted molar refractivity (Wildman–Crippen MR) is 101 cm³/mol. The Morgan fingerprint density at radius 3 is 2.46 bits per heavy atom. The summed E-state index contributed by atoms with van der Waals surface area (Å²) in [5.41, 5.74) is 3.66. The standard InChI is InChI=1S/C19H21N3O3S/c1-11-14(4)26-19(20-11)21-18(23)9-15-5-7-16(8-6-15)24-10-17-12(2)22-25-13(17)3/h5-8H,9-10H2,1-4H3,(H,20,21,23). The van der Waals surface area contributed by atoms with Crippen molar-refractivity contribution in [2.24, 2.45) is 0 Å². The normalized spacial score (nSPS) is 10.8. The first kappa shape index (κ1) is 18.1. The summed E-state index contributed by atoms with van der Waals surface area (Å²) in [4.78, 5) is 17.6. The molecule has 0 aliphatic carbocycles. The molecule has 3 aromatic rings. The summed E-state index contributed by atoms with van der Waals surface area (Å²) in [5, 5.41) is 7.40. The highest BCUT2D eigenvalue weighted by Crippen LogP contribution is 2.22. The third kappa shape index (κ3) is 4.29. The maximum absolute atomic E-state index is 12.2. The highest BCUT2D eigenvalue weighted by molar-refractivity contribution is 7.15. The number of aryl methyl sites for hydroxylation is 4. The lowest BCUT2D eigenvalue weighted by Crippen LogP contribution is -2.14. The third-order valence-electron chi connectivity index (χ3n) is 4.13. The largest absolute Gasteiger partial charge is 0.489 e. The number of ether oxygens (including phenoxy) is 1. The number of rotatable bonds is 6. The molecule has 0 fully saturated rings. The molecule has 1 aromatic carbocycles. The molecule has 1 N–H and O–H groups in total. The predicted octanol–water partition coefficient (Wildman–Crippen LogP) is 4.12. The van der Waals surface area contributed by atoms with Crippen molar-refractivity contribution < 1.29 is 14.1 Å². The van der Waals surface area contributed by atoms with Gasteiger partial charge in [0.25, 0.3) is 0 Å². The molecular weight excluding hydrogens is 350 g/mol. The third-order valence-corrected chi connectivity index (χ3v) is 5.12. The van der Waals surface area contributed by atoms with Crippen LogP contribution in [0.3, 0.4) is 0 Å². The van der Waals surface area contributed by atoms with Crippen molar-refractivity contribution in [2.45, 2.75) is 40.7 Å². The monoisotopic (exact) mass is 371 g/mol. The van der Waals surface area contributed by atoms with Crippen LogP contribution in [0, 0.1) is 27.7 Å². The quantitative estimate of drug-likeness (QED) is 0.705. The van der Waals surface area contributed by atoms with Gasteiger partial charge < -0.3 is 14.6 Å². The number of nitrogens with one attached hydrogen (secondary N) is 1. The number of carbonyl (C=O) groups is 1. The summed E-state index contributed by atoms with van der Waals surface area (Å²) in [7, 11) is 0. The highest BCUT2D eigenvalue weighted by atomic mass is 32.1. The lowest BCUT2D eigenvalue weighted by atomic mass is 10.1. The molecule has 6 nitrogen and oxygen atoms in total. The number of thiazole rings is 1. The zero-order valence-electron chi connectivity index (χ0n) is 15.3. The Labute approximate surface area is 156 Å². The van der Waals surface area contributed by atoms with Crippen LogP contribution in [0.25, 0.3) is 0 Å². The minimum Gasteiger partial charge on any atom is -0.489 e. The lowest BCUT2D eigenvalue weighted by Gasteiger charge is -2.07. The molecule has 0 aliphatic heterocycles. The second-order valence-corrected chi connectivity index (χ2v) is 7.32. The highest BCUT2D eigenvalue weighted by Gasteiger charge is 2.11. The molecule has 0 radical (unpaired) electrons. The SMILES string of the molecule is Cc1nc(NC(=O)Cc2ccc(OCc3c(C)noc3C)cc2)sc1C. The van der Waals surface area contributed by atoms with Crippen LogP contribution in [0.4, 0.5) is 5.13 Å². The van der Waals surface area contributed by atoms with E-state index in [9.17, 15) is 4.79 Å². The number of amides is 1. The van der Waals surface area contributed by atoms with E-state index in [1.807, 2.05) is 52.0 Å². The van der Waals surface area contributed by atoms with Crippen LogP contribution < -0.4 is 10.1 Å². The Hall–Kier alpha value is -2.67. The van der Waals surface area contributed by atoms with Crippen molar-refractivity contribution in [1.29, 1.82) is 0 Å². The molecular formula is C19H21N3O3S. The number of anilines is 1. The van der Waals surface area contributed by atoms with E-state index in [2.05, 4.69) is 15.5 Å². The number of aromatic nitrogens is 2. The number of benzene rings is 1. The van der Waals surface area contributed by atoms with Gasteiger partial charge in [-0.3, -0.25) is 4.79 Å². The van der Waals surface area contributed by atoms with Gasteiger partial charge in [-0.15, -0.1) is 11.3 Å². The van der Waals surface area contributed by atoms with Crippen molar-refractivity contribution in [3.8, 4) is 5.75 Å². The summed E-state index contributed by atoms with van der Waals surface area (Å²) in [6.45, 7) is 8.09. The number of hydrogen-bond acceptors (Lipinski definition) is 6. The van der Waals surface area contributed by atoms with E-state index in [-0.39, 0.29) is 5.91 Å². The van der Waals surface area contributed by atoms with Crippen molar-refractivity contribution in [1.82, 2.24) is 10.1 Å². The van der Waals surface area contributed by atoms with E-state index in [0.29, 0.717) is 18.2 Å². The van der Waals surface area contributed by atoms with Gasteiger partial charge in [-0.2, -0.15) is 0 Å². The minimum absolute atomic E-state index is 0.0804. The topological polar surface area (TPSA) is 77.2 Å². The molecule has 2 aromatic heterocycles. The molecule has 0 saturated carbocycles. The smallest absolute Gasteiger partial charge is 0.230 e. The van der Waals surface area contributed by atoms with Crippen LogP contribution >= 0.6 is 11.3 Å². The van der Waals surface area contributed by atoms with Crippen LogP contribution in [0.5, 0.6) is 5.75 Å². The van der Waals surface area contributed by atoms with E-state index in [0.717, 1.165) is 38.9 Å². The fourth-order valence-corrected chi connectivity index (χ4v) is 3.27. The summed E-state index contributed by atoms with van der Waals surface area (Å²) in [6, 6.07) is 7.50. The van der Waals surface area contributed by atoms with Crippen LogP contribution in [0.2, 0.25) is 0 Å². The van der Waals surface area contributed by atoms with Gasteiger partial charge in [0, 0.05) is 4.88 Å². The number of carbonyl (C=O) groups excluding carboxylic acids is 1. The summed E-state index contributed by atoms with van der Waals surface area (Å²) in [5.74, 6) is 1.42. The van der Waals surface area contributed by atoms with Gasteiger partial charge in [0.15, 0.2) is 5.13 Å². The van der Waals surface area contributed by atoms with E-state index < -0.39 is 0 Å². The Morgan fingerprint density at radius 2 is 1.88 bits per heavy atom. The van der Waals surface area contributed by atoms with Crippen molar-refractivity contribution in [3.05, 3.63) is 57.4 Å². The molecule has 0 bridgehead atoms. The zero-order valence-corrected chi connectivity index (χ0v) is 16.1. The van der Waals surface area contributed by atoms with Gasteiger partial charge in [-0.05, 0) is 45.4 Å². The van der Waals surface area contributed by atoms with E-state index >= 15 is 0 Å². The summed E-state index contributed by atoms with van der Waals surface area (Å²) >= 11 is 1.49. The van der Waals surface area contributed by atoms with E-state index in [4.69, 9.17) is 9.26 Å². The average Bonchev–Trinajstić information content (AvgIpc) is 3.08. The van der Waals surface area contributed by atoms with Crippen molar-refractivity contribution in [3.63, 3.8) is 0 Å². The van der Waals surface area contributed by atoms with Crippen molar-refractivity contribution >= 4 is 22.4 Å². The first-order valence-electron chi connectivity index (χ1n) is 8.29. The maximum atomic E-state index is 12.2. The molecule has 7 heteroatoms. The molecule has 3 rings (SSSR count). The van der Waals surface area contributed by atoms with Crippen LogP contribution in [-0.4, -0.2) is 16.0 Å². The van der Waals surface area contributed by atoms with Gasteiger partial charge in [-0.1, -0.05) is 17.3 Å². The molecule has 0 unspecified atom stereocenters. The molecule has 0 atom stereocenters. The Balaban J connectivity index is 1.54. The summed E-state index contributed by atoms with van der Waals surface area (Å²) in [6.07, 6.45) is 0.293. The summed E-state index contributed by atoms with van der Waals surface area (Å²) < 4.78 is 10.9. The van der Waals surface area contributed by atoms with Crippen molar-refractivity contribution in [2.75, 3.05) is 5.32 Å². The lowest BCUT2D eigenvalue weighted by molar-refractivity contribution is -0.115. The molecule has 136 valence electrons. The fraction of sp³-hybridized carbons (Fsp3) is 0.316. The molecule has 0 aliphatic rings. The number of hydrogen-bond donors (Lipinski definition) is 1. The molecule has 26 heavy (non-hydrogen) atoms. The molecule has 1 amide bonds. The van der Waals surface area contributed by atoms with E-state index in [1.165, 1.54) is 11.3 Å². The molecule has 0 spiro atoms. The van der Waals surface area contributed by atoms with Crippen LogP contribution in [0.1, 0.15) is 33.2 Å². The first-order chi connectivity index (χ1) is 12.4. The van der Waals surface area contributed by atoms with Crippen LogP contribution in [-0.2, 0) is 17.8 Å². The van der Waals surface area contributed by atoms with Gasteiger partial charge >= 0.3 is 0 Å². The zero-order chi connectivity index (χ0) is 18.7. The second kappa shape index (κ2) is 7.70. The Kier molecular flexibility index (Phi) is 5.37. The second-order valence-electron chi connectivity index (χ2n) is 6.12. The molecule has 2 heterocycles. The number of nitrogens with zero attached hydrogens (tertiary/aromatic N) is 2. The Bertz CT molecular complexity index is 874. The van der Waals surface area contributed by atoms with Gasteiger partial charge in [-0.25, -0.2) is 4.98 Å². The van der Waals surface area contributed by atoms with E-state index in [1.54, 1.807) is 0 Å². The average molecular weight is 371 g/mol. The maximum Gasteiger partial charge on any atom is 0.230 e. The Morgan fingerprint density at radius 1 is 1.15 bits per heavy atom. The minimum atomic E-state index is -0.0804. The molecule has 0 saturated heterocycles. The first-order valence-corrected chi connectivity index (χ1v) is 9.11. The van der Waals surface area contributed by atoms with Gasteiger partial charge in [0.2, 0.25) is 5.91 Å². The fourth-order valence-electron chi connectivity index (χ4n) is 2.44. The van der Waals surface area contributed by atoms with Gasteiger partial charge in [0.05, 0.1) is 23.4 Å².